The van der Waals surface area contributed by atoms with Gasteiger partial charge in [-0.05, 0) is 17.2 Å². The maximum Gasteiger partial charge on any atom is 0.241 e. The van der Waals surface area contributed by atoms with Gasteiger partial charge >= 0.3 is 0 Å². The van der Waals surface area contributed by atoms with E-state index in [4.69, 9.17) is 22.1 Å². The van der Waals surface area contributed by atoms with Gasteiger partial charge in [0.05, 0.1) is 19.5 Å². The number of anilines is 1. The second-order valence-electron chi connectivity index (χ2n) is 4.75. The summed E-state index contributed by atoms with van der Waals surface area (Å²) in [6.45, 7) is 0.374. The van der Waals surface area contributed by atoms with Crippen molar-refractivity contribution in [1.82, 2.24) is 9.55 Å². The van der Waals surface area contributed by atoms with Crippen LogP contribution >= 0.6 is 11.6 Å². The van der Waals surface area contributed by atoms with E-state index >= 15 is 0 Å². The minimum Gasteiger partial charge on any atom is -0.370 e. The highest BCUT2D eigenvalue weighted by molar-refractivity contribution is 6.63. The molecule has 1 aromatic heterocycles. The van der Waals surface area contributed by atoms with Crippen molar-refractivity contribution in [3.05, 3.63) is 47.9 Å². The van der Waals surface area contributed by atoms with E-state index in [1.165, 1.54) is 6.33 Å². The highest BCUT2D eigenvalue weighted by Gasteiger charge is 2.26. The summed E-state index contributed by atoms with van der Waals surface area (Å²) < 4.78 is 7.36. The molecule has 0 spiro atoms. The first-order valence-electron chi connectivity index (χ1n) is 6.62. The first-order valence-corrected chi connectivity index (χ1v) is 7.00. The molecule has 1 aromatic carbocycles. The van der Waals surface area contributed by atoms with Gasteiger partial charge in [-0.15, -0.1) is 0 Å². The van der Waals surface area contributed by atoms with Crippen molar-refractivity contribution in [1.29, 1.82) is 0 Å². The number of nitrogens with two attached hydrogens (primary N) is 1. The molecule has 0 saturated carbocycles. The van der Waals surface area contributed by atoms with Crippen molar-refractivity contribution < 1.29 is 9.53 Å². The Labute approximate surface area is 131 Å². The van der Waals surface area contributed by atoms with E-state index in [1.807, 2.05) is 30.3 Å². The fraction of sp³-hybridized carbons (Fsp3) is 0.214. The van der Waals surface area contributed by atoms with E-state index in [2.05, 4.69) is 15.3 Å². The van der Waals surface area contributed by atoms with Crippen molar-refractivity contribution in [2.24, 2.45) is 10.7 Å². The van der Waals surface area contributed by atoms with Crippen LogP contribution in [0.3, 0.4) is 0 Å². The van der Waals surface area contributed by atoms with Crippen molar-refractivity contribution in [3.63, 3.8) is 0 Å². The van der Waals surface area contributed by atoms with Crippen LogP contribution in [0.1, 0.15) is 17.5 Å². The average molecular weight is 320 g/mol. The molecule has 1 unspecified atom stereocenters. The number of imidazole rings is 1. The predicted octanol–water partition coefficient (Wildman–Crippen LogP) is 1.60. The second-order valence-corrected chi connectivity index (χ2v) is 5.17. The Morgan fingerprint density at radius 3 is 2.91 bits per heavy atom. The molecule has 114 valence electrons. The average Bonchev–Trinajstić information content (AvgIpc) is 2.88. The molecule has 8 heteroatoms. The van der Waals surface area contributed by atoms with Crippen LogP contribution in [0.5, 0.6) is 0 Å². The number of guanidine groups is 1. The summed E-state index contributed by atoms with van der Waals surface area (Å²) in [7, 11) is 0. The zero-order valence-corrected chi connectivity index (χ0v) is 12.3. The first-order chi connectivity index (χ1) is 10.6. The third kappa shape index (κ3) is 3.10. The van der Waals surface area contributed by atoms with Crippen LogP contribution in [0, 0.1) is 0 Å². The van der Waals surface area contributed by atoms with Crippen molar-refractivity contribution in [3.8, 4) is 0 Å². The number of carbonyl (C=O) groups excluding carboxylic acids is 1. The zero-order chi connectivity index (χ0) is 15.5. The number of fused-ring (bicyclic) bond motifs is 1. The molecule has 0 saturated heterocycles. The normalized spacial score (nSPS) is 16.6. The molecule has 1 aliphatic rings. The van der Waals surface area contributed by atoms with Crippen LogP contribution in [0.25, 0.3) is 0 Å². The summed E-state index contributed by atoms with van der Waals surface area (Å²) in [5.41, 5.74) is 7.36. The van der Waals surface area contributed by atoms with E-state index in [9.17, 15) is 4.79 Å². The summed E-state index contributed by atoms with van der Waals surface area (Å²) >= 11 is 5.42. The Balaban J connectivity index is 1.79. The van der Waals surface area contributed by atoms with Crippen LogP contribution in [-0.4, -0.2) is 20.8 Å². The molecule has 3 N–H and O–H groups in total. The minimum absolute atomic E-state index is 0.00439. The van der Waals surface area contributed by atoms with Gasteiger partial charge in [-0.1, -0.05) is 30.3 Å². The molecule has 3 rings (SSSR count). The van der Waals surface area contributed by atoms with E-state index in [0.29, 0.717) is 18.1 Å². The Kier molecular flexibility index (Phi) is 4.08. The Morgan fingerprint density at radius 1 is 1.41 bits per heavy atom. The van der Waals surface area contributed by atoms with Gasteiger partial charge in [-0.2, -0.15) is 0 Å². The smallest absolute Gasteiger partial charge is 0.241 e. The minimum atomic E-state index is -0.622. The fourth-order valence-electron chi connectivity index (χ4n) is 2.17. The SMILES string of the molecule is NC1=NC(OCc2ccccc2)c2ncn(CC(=O)Cl)c2N1. The van der Waals surface area contributed by atoms with Crippen molar-refractivity contribution in [2.45, 2.75) is 19.4 Å². The quantitative estimate of drug-likeness (QED) is 0.816. The van der Waals surface area contributed by atoms with E-state index in [-0.39, 0.29) is 12.5 Å². The maximum absolute atomic E-state index is 11.1. The summed E-state index contributed by atoms with van der Waals surface area (Å²) in [5, 5.41) is 2.38. The van der Waals surface area contributed by atoms with Crippen LogP contribution in [0.2, 0.25) is 0 Å². The lowest BCUT2D eigenvalue weighted by Gasteiger charge is -2.21. The lowest BCUT2D eigenvalue weighted by atomic mass is 10.2. The number of benzene rings is 1. The highest BCUT2D eigenvalue weighted by atomic mass is 35.5. The Morgan fingerprint density at radius 2 is 2.18 bits per heavy atom. The molecule has 1 aliphatic heterocycles. The fourth-order valence-corrected chi connectivity index (χ4v) is 2.30. The van der Waals surface area contributed by atoms with Gasteiger partial charge in [-0.25, -0.2) is 9.98 Å². The third-order valence-electron chi connectivity index (χ3n) is 3.15. The van der Waals surface area contributed by atoms with Crippen LogP contribution < -0.4 is 11.1 Å². The summed E-state index contributed by atoms with van der Waals surface area (Å²) in [6, 6.07) is 9.72. The van der Waals surface area contributed by atoms with Gasteiger partial charge < -0.3 is 20.4 Å². The molecule has 2 aromatic rings. The van der Waals surface area contributed by atoms with Crippen LogP contribution in [0.15, 0.2) is 41.7 Å². The number of hydrogen-bond donors (Lipinski definition) is 2. The molecular weight excluding hydrogens is 306 g/mol. The number of carbonyl (C=O) groups is 1. The highest BCUT2D eigenvalue weighted by Crippen LogP contribution is 2.30. The standard InChI is InChI=1S/C14H14ClN5O2/c15-10(21)6-20-8-17-11-12(20)18-14(16)19-13(11)22-7-9-4-2-1-3-5-9/h1-5,8,13H,6-7H2,(H3,16,18,19). The van der Waals surface area contributed by atoms with Crippen LogP contribution in [0.4, 0.5) is 5.82 Å². The number of rotatable bonds is 5. The molecule has 0 amide bonds. The van der Waals surface area contributed by atoms with Gasteiger partial charge in [0.1, 0.15) is 11.5 Å². The zero-order valence-electron chi connectivity index (χ0n) is 11.6. The van der Waals surface area contributed by atoms with E-state index < -0.39 is 11.5 Å². The Bertz CT molecular complexity index is 713. The number of nitrogens with one attached hydrogen (secondary N) is 1. The molecule has 2 heterocycles. The number of aromatic nitrogens is 2. The Hall–Kier alpha value is -2.38. The lowest BCUT2D eigenvalue weighted by Crippen LogP contribution is -2.30. The molecule has 0 fully saturated rings. The number of ether oxygens (including phenoxy) is 1. The van der Waals surface area contributed by atoms with Crippen molar-refractivity contribution in [2.75, 3.05) is 5.32 Å². The molecule has 1 atom stereocenters. The third-order valence-corrected chi connectivity index (χ3v) is 3.27. The first kappa shape index (κ1) is 14.6. The predicted molar refractivity (Wildman–Crippen MR) is 82.3 cm³/mol. The van der Waals surface area contributed by atoms with Crippen molar-refractivity contribution >= 4 is 28.6 Å². The van der Waals surface area contributed by atoms with Gasteiger partial charge in [0.2, 0.25) is 5.24 Å². The molecule has 0 radical (unpaired) electrons. The van der Waals surface area contributed by atoms with Crippen LogP contribution in [-0.2, 0) is 22.7 Å². The van der Waals surface area contributed by atoms with Gasteiger partial charge in [-0.3, -0.25) is 4.79 Å². The largest absolute Gasteiger partial charge is 0.370 e. The van der Waals surface area contributed by atoms with E-state index in [0.717, 1.165) is 5.56 Å². The lowest BCUT2D eigenvalue weighted by molar-refractivity contribution is -0.112. The second kappa shape index (κ2) is 6.17. The van der Waals surface area contributed by atoms with Gasteiger partial charge in [0.25, 0.3) is 0 Å². The molecule has 0 aliphatic carbocycles. The number of nitrogens with zero attached hydrogens (tertiary/aromatic N) is 3. The number of aliphatic imine (C=N–C) groups is 1. The monoisotopic (exact) mass is 319 g/mol. The molecule has 0 bridgehead atoms. The topological polar surface area (TPSA) is 94.5 Å². The maximum atomic E-state index is 11.1. The molecule has 22 heavy (non-hydrogen) atoms. The number of hydrogen-bond acceptors (Lipinski definition) is 6. The van der Waals surface area contributed by atoms with Gasteiger partial charge in [0.15, 0.2) is 12.2 Å². The molecular formula is C14H14ClN5O2. The summed E-state index contributed by atoms with van der Waals surface area (Å²) in [6.07, 6.45) is 0.883. The molecule has 7 nitrogen and oxygen atoms in total. The summed E-state index contributed by atoms with van der Waals surface area (Å²) in [5.74, 6) is 0.772. The van der Waals surface area contributed by atoms with Gasteiger partial charge in [0, 0.05) is 0 Å². The summed E-state index contributed by atoms with van der Waals surface area (Å²) in [4.78, 5) is 19.5. The number of halogens is 1. The van der Waals surface area contributed by atoms with E-state index in [1.54, 1.807) is 4.57 Å².